The molecule has 33 heavy (non-hydrogen) atoms. The van der Waals surface area contributed by atoms with Crippen LogP contribution in [-0.4, -0.2) is 18.2 Å². The zero-order valence-electron chi connectivity index (χ0n) is 18.3. The van der Waals surface area contributed by atoms with Crippen LogP contribution in [0.15, 0.2) is 91.0 Å². The molecule has 0 aliphatic carbocycles. The van der Waals surface area contributed by atoms with Gasteiger partial charge in [-0.15, -0.1) is 0 Å². The van der Waals surface area contributed by atoms with E-state index in [2.05, 4.69) is 5.32 Å². The Balaban J connectivity index is 1.66. The highest BCUT2D eigenvalue weighted by Gasteiger charge is 2.48. The van der Waals surface area contributed by atoms with Crippen LogP contribution in [0, 0.1) is 6.92 Å². The van der Waals surface area contributed by atoms with Crippen molar-refractivity contribution in [1.82, 2.24) is 0 Å². The minimum Gasteiger partial charge on any atom is -0.508 e. The number of carbonyl (C=O) groups is 1. The molecule has 1 aliphatic heterocycles. The van der Waals surface area contributed by atoms with E-state index in [9.17, 15) is 9.90 Å². The maximum atomic E-state index is 12.9. The third-order valence-electron chi connectivity index (χ3n) is 5.93. The number of phenolic OH excluding ortho intramolecular Hbond substituents is 1. The van der Waals surface area contributed by atoms with Crippen LogP contribution >= 0.6 is 0 Å². The maximum Gasteiger partial charge on any atom is 0.340 e. The predicted molar refractivity (Wildman–Crippen MR) is 127 cm³/mol. The van der Waals surface area contributed by atoms with Crippen LogP contribution < -0.4 is 10.1 Å². The molecule has 2 N–H and O–H groups in total. The Labute approximate surface area is 192 Å². The molecule has 5 nitrogen and oxygen atoms in total. The summed E-state index contributed by atoms with van der Waals surface area (Å²) in [4.78, 5) is 12.9. The quantitative estimate of drug-likeness (QED) is 0.380. The molecule has 1 atom stereocenters. The highest BCUT2D eigenvalue weighted by Crippen LogP contribution is 2.48. The van der Waals surface area contributed by atoms with Gasteiger partial charge >= 0.3 is 5.97 Å². The molecule has 4 aromatic rings. The number of fused-ring (bicyclic) bond motifs is 1. The number of hydrogen-bond acceptors (Lipinski definition) is 5. The number of anilines is 2. The van der Waals surface area contributed by atoms with Crippen molar-refractivity contribution in [3.8, 4) is 11.5 Å². The van der Waals surface area contributed by atoms with Gasteiger partial charge in [-0.2, -0.15) is 0 Å². The topological polar surface area (TPSA) is 67.8 Å². The molecule has 0 saturated heterocycles. The number of hydrogen-bond donors (Lipinski definition) is 2. The van der Waals surface area contributed by atoms with E-state index in [1.807, 2.05) is 73.7 Å². The molecule has 1 aliphatic rings. The second-order valence-electron chi connectivity index (χ2n) is 8.08. The Kier molecular flexibility index (Phi) is 5.02. The number of benzene rings is 4. The molecule has 164 valence electrons. The van der Waals surface area contributed by atoms with Crippen molar-refractivity contribution >= 4 is 17.3 Å². The lowest BCUT2D eigenvalue weighted by Gasteiger charge is -2.30. The van der Waals surface area contributed by atoms with Gasteiger partial charge in [-0.05, 0) is 55.0 Å². The van der Waals surface area contributed by atoms with Gasteiger partial charge in [0.25, 0.3) is 0 Å². The normalized spacial score (nSPS) is 16.7. The minimum atomic E-state index is -1.18. The first kappa shape index (κ1) is 20.6. The largest absolute Gasteiger partial charge is 0.508 e. The smallest absolute Gasteiger partial charge is 0.340 e. The number of aromatic hydroxyl groups is 1. The summed E-state index contributed by atoms with van der Waals surface area (Å²) < 4.78 is 11.6. The van der Waals surface area contributed by atoms with Crippen molar-refractivity contribution in [3.63, 3.8) is 0 Å². The molecular formula is C28H23NO4. The Morgan fingerprint density at radius 3 is 2.42 bits per heavy atom. The predicted octanol–water partition coefficient (Wildman–Crippen LogP) is 5.92. The average molecular weight is 437 g/mol. The number of rotatable bonds is 5. The first-order chi connectivity index (χ1) is 16.0. The second-order valence-corrected chi connectivity index (χ2v) is 8.08. The molecule has 1 unspecified atom stereocenters. The Morgan fingerprint density at radius 2 is 1.64 bits per heavy atom. The first-order valence-corrected chi connectivity index (χ1v) is 10.7. The minimum absolute atomic E-state index is 0.103. The number of carbonyl (C=O) groups excluding carboxylic acids is 1. The molecular weight excluding hydrogens is 414 g/mol. The molecule has 0 aromatic heterocycles. The van der Waals surface area contributed by atoms with Gasteiger partial charge in [0, 0.05) is 22.4 Å². The molecule has 5 rings (SSSR count). The number of phenols is 1. The van der Waals surface area contributed by atoms with E-state index in [0.29, 0.717) is 11.1 Å². The first-order valence-electron chi connectivity index (χ1n) is 10.7. The summed E-state index contributed by atoms with van der Waals surface area (Å²) in [6.07, 6.45) is 0. The standard InChI is InChI=1S/C28H23NO4/c1-18-13-14-25(26(15-18)32-2)29-21-9-5-7-19(16-21)28(20-8-6-10-22(30)17-20)24-12-4-3-11-23(24)27(31)33-28/h3-17,29-30H,1-2H3. The summed E-state index contributed by atoms with van der Waals surface area (Å²) in [5, 5.41) is 13.6. The zero-order chi connectivity index (χ0) is 23.0. The molecule has 0 radical (unpaired) electrons. The number of cyclic esters (lactones) is 1. The van der Waals surface area contributed by atoms with E-state index in [0.717, 1.165) is 33.8 Å². The van der Waals surface area contributed by atoms with E-state index < -0.39 is 11.6 Å². The number of methoxy groups -OCH3 is 1. The summed E-state index contributed by atoms with van der Waals surface area (Å²) in [5.41, 5.74) is 4.26. The van der Waals surface area contributed by atoms with E-state index in [1.54, 1.807) is 31.4 Å². The van der Waals surface area contributed by atoms with E-state index >= 15 is 0 Å². The van der Waals surface area contributed by atoms with Crippen LogP contribution in [0.1, 0.15) is 32.6 Å². The lowest BCUT2D eigenvalue weighted by molar-refractivity contribution is 0.0251. The van der Waals surface area contributed by atoms with Crippen LogP contribution in [0.5, 0.6) is 11.5 Å². The number of nitrogens with one attached hydrogen (secondary N) is 1. The van der Waals surface area contributed by atoms with E-state index in [1.165, 1.54) is 0 Å². The summed E-state index contributed by atoms with van der Waals surface area (Å²) >= 11 is 0. The van der Waals surface area contributed by atoms with Crippen LogP contribution in [0.4, 0.5) is 11.4 Å². The molecule has 0 spiro atoms. The molecule has 4 aromatic carbocycles. The second kappa shape index (κ2) is 8.02. The summed E-state index contributed by atoms with van der Waals surface area (Å²) in [7, 11) is 1.64. The molecule has 0 bridgehead atoms. The van der Waals surface area contributed by atoms with Crippen molar-refractivity contribution in [2.75, 3.05) is 12.4 Å². The Hall–Kier alpha value is -4.25. The molecule has 0 saturated carbocycles. The SMILES string of the molecule is COc1cc(C)ccc1Nc1cccc(C2(c3cccc(O)c3)OC(=O)c3ccccc32)c1. The summed E-state index contributed by atoms with van der Waals surface area (Å²) in [6.45, 7) is 2.01. The Morgan fingerprint density at radius 1 is 0.879 bits per heavy atom. The number of aryl methyl sites for hydroxylation is 1. The number of esters is 1. The van der Waals surface area contributed by atoms with Gasteiger partial charge in [-0.25, -0.2) is 4.79 Å². The third-order valence-corrected chi connectivity index (χ3v) is 5.93. The fourth-order valence-corrected chi connectivity index (χ4v) is 4.41. The van der Waals surface area contributed by atoms with Gasteiger partial charge in [0.05, 0.1) is 18.4 Å². The van der Waals surface area contributed by atoms with Crippen molar-refractivity contribution in [3.05, 3.63) is 119 Å². The average Bonchev–Trinajstić information content (AvgIpc) is 3.14. The Bertz CT molecular complexity index is 1360. The van der Waals surface area contributed by atoms with Crippen LogP contribution in [0.25, 0.3) is 0 Å². The third kappa shape index (κ3) is 3.48. The van der Waals surface area contributed by atoms with E-state index in [4.69, 9.17) is 9.47 Å². The lowest BCUT2D eigenvalue weighted by atomic mass is 9.79. The van der Waals surface area contributed by atoms with Gasteiger partial charge in [-0.1, -0.05) is 48.5 Å². The van der Waals surface area contributed by atoms with Crippen LogP contribution in [-0.2, 0) is 10.3 Å². The van der Waals surface area contributed by atoms with Crippen LogP contribution in [0.3, 0.4) is 0 Å². The highest BCUT2D eigenvalue weighted by atomic mass is 16.6. The fourth-order valence-electron chi connectivity index (χ4n) is 4.41. The van der Waals surface area contributed by atoms with Crippen molar-refractivity contribution in [1.29, 1.82) is 0 Å². The van der Waals surface area contributed by atoms with Crippen molar-refractivity contribution < 1.29 is 19.4 Å². The van der Waals surface area contributed by atoms with Gasteiger partial charge in [0.2, 0.25) is 0 Å². The molecule has 0 amide bonds. The van der Waals surface area contributed by atoms with Gasteiger partial charge < -0.3 is 19.9 Å². The zero-order valence-corrected chi connectivity index (χ0v) is 18.3. The maximum absolute atomic E-state index is 12.9. The lowest BCUT2D eigenvalue weighted by Crippen LogP contribution is -2.29. The highest BCUT2D eigenvalue weighted by molar-refractivity contribution is 5.96. The van der Waals surface area contributed by atoms with Crippen LogP contribution in [0.2, 0.25) is 0 Å². The van der Waals surface area contributed by atoms with Crippen molar-refractivity contribution in [2.24, 2.45) is 0 Å². The van der Waals surface area contributed by atoms with E-state index in [-0.39, 0.29) is 5.75 Å². The molecule has 5 heteroatoms. The summed E-state index contributed by atoms with van der Waals surface area (Å²) in [6, 6.07) is 27.9. The number of ether oxygens (including phenoxy) is 2. The van der Waals surface area contributed by atoms with Gasteiger partial charge in [0.15, 0.2) is 5.60 Å². The summed E-state index contributed by atoms with van der Waals surface area (Å²) in [5.74, 6) is 0.444. The molecule has 1 heterocycles. The fraction of sp³-hybridized carbons (Fsp3) is 0.107. The van der Waals surface area contributed by atoms with Gasteiger partial charge in [-0.3, -0.25) is 0 Å². The monoisotopic (exact) mass is 437 g/mol. The van der Waals surface area contributed by atoms with Gasteiger partial charge in [0.1, 0.15) is 11.5 Å². The molecule has 0 fully saturated rings. The van der Waals surface area contributed by atoms with Crippen molar-refractivity contribution in [2.45, 2.75) is 12.5 Å².